The van der Waals surface area contributed by atoms with Gasteiger partial charge in [0.25, 0.3) is 0 Å². The minimum atomic E-state index is -1.02. The third kappa shape index (κ3) is 5.00. The van der Waals surface area contributed by atoms with Crippen molar-refractivity contribution in [1.29, 1.82) is 0 Å². The first-order valence-corrected chi connectivity index (χ1v) is 9.32. The molecule has 0 spiro atoms. The predicted octanol–water partition coefficient (Wildman–Crippen LogP) is 4.51. The van der Waals surface area contributed by atoms with Gasteiger partial charge in [-0.1, -0.05) is 5.92 Å². The van der Waals surface area contributed by atoms with Gasteiger partial charge in [0, 0.05) is 22.9 Å². The van der Waals surface area contributed by atoms with Gasteiger partial charge in [-0.15, -0.1) is 11.3 Å². The molecule has 0 unspecified atom stereocenters. The third-order valence-corrected chi connectivity index (χ3v) is 5.00. The van der Waals surface area contributed by atoms with Crippen molar-refractivity contribution in [2.75, 3.05) is 11.8 Å². The number of aromatic carboxylic acids is 1. The van der Waals surface area contributed by atoms with Gasteiger partial charge in [-0.25, -0.2) is 14.2 Å². The highest BCUT2D eigenvalue weighted by Crippen LogP contribution is 2.30. The quantitative estimate of drug-likeness (QED) is 0.485. The van der Waals surface area contributed by atoms with Crippen LogP contribution in [0.2, 0.25) is 0 Å². The van der Waals surface area contributed by atoms with Crippen molar-refractivity contribution in [3.05, 3.63) is 69.8 Å². The van der Waals surface area contributed by atoms with Gasteiger partial charge in [-0.3, -0.25) is 0 Å². The summed E-state index contributed by atoms with van der Waals surface area (Å²) in [6.45, 7) is 0. The molecule has 0 aliphatic heterocycles. The van der Waals surface area contributed by atoms with Gasteiger partial charge in [-0.2, -0.15) is 0 Å². The molecule has 3 aromatic rings. The van der Waals surface area contributed by atoms with Crippen LogP contribution in [0.3, 0.4) is 0 Å². The molecule has 8 heteroatoms. The van der Waals surface area contributed by atoms with E-state index in [4.69, 9.17) is 9.84 Å². The number of halogens is 1. The summed E-state index contributed by atoms with van der Waals surface area (Å²) in [6.07, 6.45) is 0. The van der Waals surface area contributed by atoms with Gasteiger partial charge in [0.05, 0.1) is 18.4 Å². The van der Waals surface area contributed by atoms with Gasteiger partial charge in [0.1, 0.15) is 16.6 Å². The molecule has 2 aromatic carbocycles. The first kappa shape index (κ1) is 18.8. The number of benzene rings is 2. The van der Waals surface area contributed by atoms with E-state index in [1.54, 1.807) is 18.2 Å². The SMILES string of the molecule is COc1cc(C(=O)O)ccc1NSc1csc(C#Cc2ccc(F)cc2)n1. The Morgan fingerprint density at radius 3 is 2.74 bits per heavy atom. The third-order valence-electron chi connectivity index (χ3n) is 3.36. The molecule has 3 rings (SSSR count). The second kappa shape index (κ2) is 8.58. The number of ether oxygens (including phenoxy) is 1. The number of nitrogens with one attached hydrogen (secondary N) is 1. The molecular formula is C19H13FN2O3S2. The Morgan fingerprint density at radius 1 is 1.26 bits per heavy atom. The molecular weight excluding hydrogens is 387 g/mol. The topological polar surface area (TPSA) is 71.5 Å². The average molecular weight is 400 g/mol. The molecule has 0 saturated heterocycles. The van der Waals surface area contributed by atoms with Crippen LogP contribution < -0.4 is 9.46 Å². The number of carboxylic acids is 1. The molecule has 0 saturated carbocycles. The fraction of sp³-hybridized carbons (Fsp3) is 0.0526. The average Bonchev–Trinajstić information content (AvgIpc) is 3.13. The van der Waals surface area contributed by atoms with Gasteiger partial charge in [0.2, 0.25) is 0 Å². The lowest BCUT2D eigenvalue weighted by Crippen LogP contribution is -1.99. The number of aromatic nitrogens is 1. The lowest BCUT2D eigenvalue weighted by molar-refractivity contribution is 0.0696. The van der Waals surface area contributed by atoms with Crippen molar-refractivity contribution < 1.29 is 19.0 Å². The van der Waals surface area contributed by atoms with Gasteiger partial charge in [0.15, 0.2) is 5.01 Å². The van der Waals surface area contributed by atoms with E-state index >= 15 is 0 Å². The molecule has 0 amide bonds. The number of hydrogen-bond donors (Lipinski definition) is 2. The minimum Gasteiger partial charge on any atom is -0.495 e. The Hall–Kier alpha value is -3.02. The lowest BCUT2D eigenvalue weighted by atomic mass is 10.2. The van der Waals surface area contributed by atoms with E-state index in [2.05, 4.69) is 21.5 Å². The molecule has 0 atom stereocenters. The zero-order valence-electron chi connectivity index (χ0n) is 14.0. The van der Waals surface area contributed by atoms with Crippen molar-refractivity contribution in [1.82, 2.24) is 4.98 Å². The molecule has 2 N–H and O–H groups in total. The van der Waals surface area contributed by atoms with E-state index in [1.807, 2.05) is 5.38 Å². The fourth-order valence-corrected chi connectivity index (χ4v) is 3.48. The molecule has 5 nitrogen and oxygen atoms in total. The summed E-state index contributed by atoms with van der Waals surface area (Å²) in [5.41, 5.74) is 1.50. The highest BCUT2D eigenvalue weighted by molar-refractivity contribution is 8.00. The van der Waals surface area contributed by atoms with Gasteiger partial charge >= 0.3 is 5.97 Å². The van der Waals surface area contributed by atoms with Crippen LogP contribution in [0, 0.1) is 17.7 Å². The molecule has 136 valence electrons. The first-order chi connectivity index (χ1) is 13.0. The maximum Gasteiger partial charge on any atom is 0.335 e. The highest BCUT2D eigenvalue weighted by Gasteiger charge is 2.10. The summed E-state index contributed by atoms with van der Waals surface area (Å²) in [4.78, 5) is 15.4. The summed E-state index contributed by atoms with van der Waals surface area (Å²) in [7, 11) is 1.47. The summed E-state index contributed by atoms with van der Waals surface area (Å²) in [6, 6.07) is 10.5. The van der Waals surface area contributed by atoms with Crippen molar-refractivity contribution in [3.8, 4) is 17.6 Å². The second-order valence-corrected chi connectivity index (χ2v) is 6.86. The number of nitrogens with zero attached hydrogens (tertiary/aromatic N) is 1. The Bertz CT molecular complexity index is 1020. The zero-order chi connectivity index (χ0) is 19.2. The van der Waals surface area contributed by atoms with Crippen molar-refractivity contribution in [2.45, 2.75) is 5.03 Å². The van der Waals surface area contributed by atoms with Crippen LogP contribution in [0.25, 0.3) is 0 Å². The first-order valence-electron chi connectivity index (χ1n) is 7.62. The van der Waals surface area contributed by atoms with Crippen molar-refractivity contribution >= 4 is 34.9 Å². The van der Waals surface area contributed by atoms with Crippen LogP contribution in [0.4, 0.5) is 10.1 Å². The smallest absolute Gasteiger partial charge is 0.335 e. The van der Waals surface area contributed by atoms with E-state index in [0.29, 0.717) is 27.0 Å². The van der Waals surface area contributed by atoms with E-state index in [9.17, 15) is 9.18 Å². The van der Waals surface area contributed by atoms with Crippen LogP contribution >= 0.6 is 23.3 Å². The lowest BCUT2D eigenvalue weighted by Gasteiger charge is -2.10. The molecule has 0 bridgehead atoms. The van der Waals surface area contributed by atoms with Crippen LogP contribution in [-0.2, 0) is 0 Å². The Kier molecular flexibility index (Phi) is 5.96. The Balaban J connectivity index is 1.66. The standard InChI is InChI=1S/C19H13FN2O3S2/c1-25-16-10-13(19(23)24)5-8-15(16)22-27-18-11-26-17(21-18)9-4-12-2-6-14(20)7-3-12/h2-3,5-8,10-11,22H,1H3,(H,23,24). The summed E-state index contributed by atoms with van der Waals surface area (Å²) >= 11 is 2.66. The number of hydrogen-bond acceptors (Lipinski definition) is 6. The van der Waals surface area contributed by atoms with E-state index < -0.39 is 5.97 Å². The number of thiazole rings is 1. The van der Waals surface area contributed by atoms with Crippen LogP contribution in [-0.4, -0.2) is 23.2 Å². The molecule has 1 heterocycles. The monoisotopic (exact) mass is 400 g/mol. The predicted molar refractivity (Wildman–Crippen MR) is 104 cm³/mol. The molecule has 0 aliphatic rings. The number of anilines is 1. The Morgan fingerprint density at radius 2 is 2.04 bits per heavy atom. The molecule has 27 heavy (non-hydrogen) atoms. The molecule has 1 aromatic heterocycles. The number of carboxylic acid groups (broad SMARTS) is 1. The number of rotatable bonds is 5. The van der Waals surface area contributed by atoms with Crippen molar-refractivity contribution in [3.63, 3.8) is 0 Å². The Labute approximate surface area is 163 Å². The summed E-state index contributed by atoms with van der Waals surface area (Å²) in [5.74, 6) is 4.99. The largest absolute Gasteiger partial charge is 0.495 e. The highest BCUT2D eigenvalue weighted by atomic mass is 32.2. The molecule has 0 radical (unpaired) electrons. The van der Waals surface area contributed by atoms with Crippen LogP contribution in [0.1, 0.15) is 20.9 Å². The molecule has 0 aliphatic carbocycles. The summed E-state index contributed by atoms with van der Waals surface area (Å²) < 4.78 is 21.2. The van der Waals surface area contributed by atoms with Crippen LogP contribution in [0.15, 0.2) is 52.9 Å². The van der Waals surface area contributed by atoms with E-state index in [1.165, 1.54) is 54.7 Å². The number of carbonyl (C=O) groups is 1. The van der Waals surface area contributed by atoms with Gasteiger partial charge in [-0.05, 0) is 48.4 Å². The zero-order valence-corrected chi connectivity index (χ0v) is 15.7. The fourth-order valence-electron chi connectivity index (χ4n) is 2.04. The van der Waals surface area contributed by atoms with Gasteiger partial charge < -0.3 is 14.6 Å². The maximum atomic E-state index is 12.9. The van der Waals surface area contributed by atoms with E-state index in [-0.39, 0.29) is 11.4 Å². The van der Waals surface area contributed by atoms with Crippen LogP contribution in [0.5, 0.6) is 5.75 Å². The summed E-state index contributed by atoms with van der Waals surface area (Å²) in [5, 5.41) is 12.2. The number of methoxy groups -OCH3 is 1. The minimum absolute atomic E-state index is 0.148. The van der Waals surface area contributed by atoms with Crippen molar-refractivity contribution in [2.24, 2.45) is 0 Å². The second-order valence-electron chi connectivity index (χ2n) is 5.17. The van der Waals surface area contributed by atoms with E-state index in [0.717, 1.165) is 0 Å². The molecule has 0 fully saturated rings. The normalized spacial score (nSPS) is 10.0. The maximum absolute atomic E-state index is 12.9.